The van der Waals surface area contributed by atoms with Crippen LogP contribution in [0.4, 0.5) is 5.82 Å². The maximum Gasteiger partial charge on any atom is 0.222 e. The number of nitrogens with zero attached hydrogens (tertiary/aromatic N) is 1. The minimum atomic E-state index is -0.462. The van der Waals surface area contributed by atoms with Crippen LogP contribution in [-0.2, 0) is 10.3 Å². The van der Waals surface area contributed by atoms with Crippen LogP contribution in [0.1, 0.15) is 32.8 Å². The van der Waals surface area contributed by atoms with Crippen LogP contribution in [0.3, 0.4) is 0 Å². The number of rotatable bonds is 6. The Morgan fingerprint density at radius 1 is 1.44 bits per heavy atom. The molecule has 100 valence electrons. The van der Waals surface area contributed by atoms with E-state index in [-0.39, 0.29) is 12.5 Å². The average molecular weight is 251 g/mol. The first-order valence-corrected chi connectivity index (χ1v) is 6.18. The quantitative estimate of drug-likeness (QED) is 0.711. The van der Waals surface area contributed by atoms with Gasteiger partial charge >= 0.3 is 0 Å². The third kappa shape index (κ3) is 3.27. The molecule has 1 atom stereocenters. The number of aliphatic hydroxyl groups is 1. The van der Waals surface area contributed by atoms with Gasteiger partial charge in [0.2, 0.25) is 5.91 Å². The average Bonchev–Trinajstić information content (AvgIpc) is 2.36. The van der Waals surface area contributed by atoms with Crippen LogP contribution in [0, 0.1) is 0 Å². The lowest BCUT2D eigenvalue weighted by molar-refractivity contribution is -0.114. The largest absolute Gasteiger partial charge is 0.394 e. The van der Waals surface area contributed by atoms with Gasteiger partial charge < -0.3 is 15.7 Å². The number of nitrogens with one attached hydrogen (secondary N) is 2. The van der Waals surface area contributed by atoms with E-state index in [2.05, 4.69) is 15.6 Å². The van der Waals surface area contributed by atoms with Crippen LogP contribution in [0.2, 0.25) is 0 Å². The van der Waals surface area contributed by atoms with Crippen LogP contribution < -0.4 is 10.6 Å². The number of aliphatic hydroxyl groups excluding tert-OH is 1. The zero-order valence-corrected chi connectivity index (χ0v) is 11.2. The Hall–Kier alpha value is -1.46. The predicted molar refractivity (Wildman–Crippen MR) is 71.3 cm³/mol. The predicted octanol–water partition coefficient (Wildman–Crippen LogP) is 1.25. The van der Waals surface area contributed by atoms with Crippen molar-refractivity contribution >= 4 is 11.7 Å². The van der Waals surface area contributed by atoms with Gasteiger partial charge in [0.05, 0.1) is 12.1 Å². The molecule has 0 aliphatic carbocycles. The van der Waals surface area contributed by atoms with E-state index in [4.69, 9.17) is 0 Å². The van der Waals surface area contributed by atoms with E-state index in [0.717, 1.165) is 18.5 Å². The number of hydrogen-bond donors (Lipinski definition) is 3. The Labute approximate surface area is 108 Å². The maximum absolute atomic E-state index is 10.9. The van der Waals surface area contributed by atoms with E-state index in [0.29, 0.717) is 5.82 Å². The summed E-state index contributed by atoms with van der Waals surface area (Å²) in [6, 6.07) is 3.62. The van der Waals surface area contributed by atoms with E-state index in [9.17, 15) is 9.90 Å². The molecule has 1 aromatic rings. The van der Waals surface area contributed by atoms with Gasteiger partial charge in [0.1, 0.15) is 5.82 Å². The van der Waals surface area contributed by atoms with Gasteiger partial charge in [-0.1, -0.05) is 19.9 Å². The first-order chi connectivity index (χ1) is 8.57. The third-order valence-corrected chi connectivity index (χ3v) is 3.01. The lowest BCUT2D eigenvalue weighted by Gasteiger charge is -2.32. The third-order valence-electron chi connectivity index (χ3n) is 3.01. The van der Waals surface area contributed by atoms with Crippen molar-refractivity contribution in [3.05, 3.63) is 23.9 Å². The van der Waals surface area contributed by atoms with E-state index < -0.39 is 5.54 Å². The second-order valence-electron chi connectivity index (χ2n) is 4.24. The summed E-state index contributed by atoms with van der Waals surface area (Å²) in [7, 11) is 0. The number of carbonyl (C=O) groups is 1. The zero-order chi connectivity index (χ0) is 13.6. The molecule has 0 saturated carbocycles. The molecule has 0 radical (unpaired) electrons. The molecular weight excluding hydrogens is 230 g/mol. The molecular formula is C13H21N3O2. The van der Waals surface area contributed by atoms with E-state index in [1.54, 1.807) is 12.3 Å². The van der Waals surface area contributed by atoms with Gasteiger partial charge in [-0.2, -0.15) is 0 Å². The van der Waals surface area contributed by atoms with Crippen molar-refractivity contribution in [2.45, 2.75) is 32.7 Å². The molecule has 0 saturated heterocycles. The molecule has 0 aromatic carbocycles. The smallest absolute Gasteiger partial charge is 0.222 e. The zero-order valence-electron chi connectivity index (χ0n) is 11.2. The number of anilines is 1. The fraction of sp³-hybridized carbons (Fsp3) is 0.538. The summed E-state index contributed by atoms with van der Waals surface area (Å²) >= 11 is 0. The van der Waals surface area contributed by atoms with Crippen molar-refractivity contribution in [1.82, 2.24) is 10.3 Å². The highest BCUT2D eigenvalue weighted by atomic mass is 16.3. The van der Waals surface area contributed by atoms with Crippen molar-refractivity contribution < 1.29 is 9.90 Å². The van der Waals surface area contributed by atoms with Gasteiger partial charge in [0, 0.05) is 13.1 Å². The van der Waals surface area contributed by atoms with Crippen molar-refractivity contribution in [2.75, 3.05) is 18.5 Å². The Balaban J connectivity index is 2.96. The normalized spacial score (nSPS) is 14.0. The highest BCUT2D eigenvalue weighted by Gasteiger charge is 2.28. The van der Waals surface area contributed by atoms with Crippen LogP contribution in [0.5, 0.6) is 0 Å². The van der Waals surface area contributed by atoms with E-state index in [1.165, 1.54) is 6.92 Å². The summed E-state index contributed by atoms with van der Waals surface area (Å²) in [4.78, 5) is 15.1. The topological polar surface area (TPSA) is 74.2 Å². The molecule has 5 nitrogen and oxygen atoms in total. The molecule has 1 amide bonds. The van der Waals surface area contributed by atoms with Crippen LogP contribution in [-0.4, -0.2) is 29.1 Å². The SMILES string of the molecule is CCNC(CC)(CO)c1ccc(NC(C)=O)nc1. The maximum atomic E-state index is 10.9. The van der Waals surface area contributed by atoms with Crippen molar-refractivity contribution in [2.24, 2.45) is 0 Å². The number of carbonyl (C=O) groups excluding carboxylic acids is 1. The molecule has 0 spiro atoms. The molecule has 1 aromatic heterocycles. The minimum Gasteiger partial charge on any atom is -0.394 e. The summed E-state index contributed by atoms with van der Waals surface area (Å²) in [6.45, 7) is 6.23. The lowest BCUT2D eigenvalue weighted by atomic mass is 9.89. The van der Waals surface area contributed by atoms with Gasteiger partial charge in [-0.15, -0.1) is 0 Å². The van der Waals surface area contributed by atoms with Gasteiger partial charge in [0.15, 0.2) is 0 Å². The summed E-state index contributed by atoms with van der Waals surface area (Å²) in [5.74, 6) is 0.372. The number of amides is 1. The molecule has 1 heterocycles. The monoisotopic (exact) mass is 251 g/mol. The molecule has 0 fully saturated rings. The number of likely N-dealkylation sites (N-methyl/N-ethyl adjacent to an activating group) is 1. The Bertz CT molecular complexity index is 386. The molecule has 1 unspecified atom stereocenters. The van der Waals surface area contributed by atoms with Crippen LogP contribution in [0.25, 0.3) is 0 Å². The van der Waals surface area contributed by atoms with Crippen LogP contribution >= 0.6 is 0 Å². The standard InChI is InChI=1S/C13H21N3O2/c1-4-13(9-17,15-5-2)11-6-7-12(14-8-11)16-10(3)18/h6-8,15,17H,4-5,9H2,1-3H3,(H,14,16,18). The van der Waals surface area contributed by atoms with Gasteiger partial charge in [0.25, 0.3) is 0 Å². The Morgan fingerprint density at radius 3 is 2.56 bits per heavy atom. The van der Waals surface area contributed by atoms with Crippen molar-refractivity contribution in [1.29, 1.82) is 0 Å². The highest BCUT2D eigenvalue weighted by Crippen LogP contribution is 2.24. The second kappa shape index (κ2) is 6.47. The number of pyridine rings is 1. The van der Waals surface area contributed by atoms with Gasteiger partial charge in [-0.05, 0) is 24.6 Å². The van der Waals surface area contributed by atoms with Gasteiger partial charge in [-0.3, -0.25) is 4.79 Å². The lowest BCUT2D eigenvalue weighted by Crippen LogP contribution is -2.45. The van der Waals surface area contributed by atoms with Crippen LogP contribution in [0.15, 0.2) is 18.3 Å². The summed E-state index contributed by atoms with van der Waals surface area (Å²) in [5, 5.41) is 15.5. The molecule has 1 rings (SSSR count). The molecule has 3 N–H and O–H groups in total. The van der Waals surface area contributed by atoms with E-state index in [1.807, 2.05) is 19.9 Å². The summed E-state index contributed by atoms with van der Waals surface area (Å²) in [6.07, 6.45) is 2.45. The summed E-state index contributed by atoms with van der Waals surface area (Å²) in [5.41, 5.74) is 0.458. The first-order valence-electron chi connectivity index (χ1n) is 6.18. The second-order valence-corrected chi connectivity index (χ2v) is 4.24. The number of hydrogen-bond acceptors (Lipinski definition) is 4. The highest BCUT2D eigenvalue weighted by molar-refractivity contribution is 5.87. The van der Waals surface area contributed by atoms with Crippen molar-refractivity contribution in [3.63, 3.8) is 0 Å². The molecule has 18 heavy (non-hydrogen) atoms. The molecule has 0 aliphatic rings. The molecule has 0 bridgehead atoms. The molecule has 5 heteroatoms. The summed E-state index contributed by atoms with van der Waals surface area (Å²) < 4.78 is 0. The fourth-order valence-corrected chi connectivity index (χ4v) is 1.96. The van der Waals surface area contributed by atoms with Gasteiger partial charge in [-0.25, -0.2) is 4.98 Å². The number of aromatic nitrogens is 1. The first kappa shape index (κ1) is 14.6. The Kier molecular flexibility index (Phi) is 5.25. The fourth-order valence-electron chi connectivity index (χ4n) is 1.96. The minimum absolute atomic E-state index is 0.0124. The molecule has 0 aliphatic heterocycles. The van der Waals surface area contributed by atoms with Crippen molar-refractivity contribution in [3.8, 4) is 0 Å². The Morgan fingerprint density at radius 2 is 2.17 bits per heavy atom. The van der Waals surface area contributed by atoms with E-state index >= 15 is 0 Å².